The Bertz CT molecular complexity index is 581. The fourth-order valence-electron chi connectivity index (χ4n) is 2.98. The summed E-state index contributed by atoms with van der Waals surface area (Å²) in [5, 5.41) is 9.24. The number of hydrogen-bond donors (Lipinski definition) is 1. The van der Waals surface area contributed by atoms with Gasteiger partial charge in [0.1, 0.15) is 11.6 Å². The number of aryl methyl sites for hydroxylation is 1. The minimum atomic E-state index is -1.08. The lowest BCUT2D eigenvalue weighted by Crippen LogP contribution is -2.36. The van der Waals surface area contributed by atoms with Gasteiger partial charge in [0.25, 0.3) is 0 Å². The second-order valence-electron chi connectivity index (χ2n) is 6.40. The second-order valence-corrected chi connectivity index (χ2v) is 6.40. The average Bonchev–Trinajstić information content (AvgIpc) is 3.29. The number of carbonyl (C=O) groups is 1. The Balaban J connectivity index is 1.70. The first-order valence-corrected chi connectivity index (χ1v) is 8.04. The molecule has 0 radical (unpaired) electrons. The predicted molar refractivity (Wildman–Crippen MR) is 83.8 cm³/mol. The zero-order valence-corrected chi connectivity index (χ0v) is 13.6. The second kappa shape index (κ2) is 6.31. The Morgan fingerprint density at radius 1 is 1.39 bits per heavy atom. The molecule has 2 heterocycles. The lowest BCUT2D eigenvalue weighted by molar-refractivity contribution is -0.147. The molecule has 0 atom stereocenters. The monoisotopic (exact) mass is 321 g/mol. The Morgan fingerprint density at radius 3 is 2.65 bits per heavy atom. The number of aliphatic carboxylic acids is 1. The Labute approximate surface area is 135 Å². The van der Waals surface area contributed by atoms with Crippen LogP contribution in [0.5, 0.6) is 5.88 Å². The molecule has 0 spiro atoms. The number of nitrogens with zero attached hydrogens (tertiary/aromatic N) is 3. The molecule has 2 fully saturated rings. The summed E-state index contributed by atoms with van der Waals surface area (Å²) in [6.45, 7) is 4.42. The third kappa shape index (κ3) is 3.55. The van der Waals surface area contributed by atoms with Gasteiger partial charge in [-0.2, -0.15) is 4.98 Å². The smallest absolute Gasteiger partial charge is 0.348 e. The SMILES string of the molecule is COCC1CCN(c2cc(OC3(C(=O)O)CC3)nc(C)n2)CC1. The summed E-state index contributed by atoms with van der Waals surface area (Å²) in [6.07, 6.45) is 3.19. The summed E-state index contributed by atoms with van der Waals surface area (Å²) < 4.78 is 10.9. The van der Waals surface area contributed by atoms with E-state index in [1.165, 1.54) is 0 Å². The van der Waals surface area contributed by atoms with Crippen molar-refractivity contribution in [3.8, 4) is 5.88 Å². The number of carboxylic acids is 1. The van der Waals surface area contributed by atoms with Crippen molar-refractivity contribution in [3.05, 3.63) is 11.9 Å². The van der Waals surface area contributed by atoms with Gasteiger partial charge in [0, 0.05) is 45.7 Å². The van der Waals surface area contributed by atoms with Crippen molar-refractivity contribution in [2.45, 2.75) is 38.2 Å². The van der Waals surface area contributed by atoms with Crippen LogP contribution in [-0.4, -0.2) is 53.5 Å². The largest absolute Gasteiger partial charge is 0.478 e. The molecule has 1 N–H and O–H groups in total. The first-order valence-electron chi connectivity index (χ1n) is 8.04. The molecule has 1 aliphatic carbocycles. The van der Waals surface area contributed by atoms with Crippen molar-refractivity contribution >= 4 is 11.8 Å². The van der Waals surface area contributed by atoms with Gasteiger partial charge < -0.3 is 19.5 Å². The first kappa shape index (κ1) is 16.0. The van der Waals surface area contributed by atoms with Crippen LogP contribution >= 0.6 is 0 Å². The van der Waals surface area contributed by atoms with Crippen LogP contribution in [0.4, 0.5) is 5.82 Å². The maximum Gasteiger partial charge on any atom is 0.348 e. The van der Waals surface area contributed by atoms with Gasteiger partial charge in [-0.15, -0.1) is 0 Å². The minimum absolute atomic E-state index is 0.353. The first-order chi connectivity index (χ1) is 11.0. The molecule has 0 aromatic carbocycles. The van der Waals surface area contributed by atoms with Crippen LogP contribution in [0, 0.1) is 12.8 Å². The molecule has 1 aliphatic heterocycles. The molecule has 2 aliphatic rings. The van der Waals surface area contributed by atoms with E-state index >= 15 is 0 Å². The molecule has 126 valence electrons. The zero-order chi connectivity index (χ0) is 16.4. The van der Waals surface area contributed by atoms with Gasteiger partial charge in [-0.05, 0) is 25.7 Å². The van der Waals surface area contributed by atoms with E-state index in [0.29, 0.717) is 30.5 Å². The topological polar surface area (TPSA) is 84.8 Å². The highest BCUT2D eigenvalue weighted by Gasteiger charge is 2.54. The highest BCUT2D eigenvalue weighted by molar-refractivity contribution is 5.81. The lowest BCUT2D eigenvalue weighted by atomic mass is 9.98. The van der Waals surface area contributed by atoms with Crippen LogP contribution in [0.2, 0.25) is 0 Å². The third-order valence-electron chi connectivity index (χ3n) is 4.54. The van der Waals surface area contributed by atoms with Gasteiger partial charge in [0.2, 0.25) is 11.5 Å². The lowest BCUT2D eigenvalue weighted by Gasteiger charge is -2.32. The molecule has 0 unspecified atom stereocenters. The number of anilines is 1. The van der Waals surface area contributed by atoms with E-state index in [1.807, 2.05) is 0 Å². The van der Waals surface area contributed by atoms with E-state index < -0.39 is 11.6 Å². The number of methoxy groups -OCH3 is 1. The van der Waals surface area contributed by atoms with Crippen LogP contribution < -0.4 is 9.64 Å². The molecule has 0 amide bonds. The normalized spacial score (nSPS) is 20.3. The predicted octanol–water partition coefficient (Wildman–Crippen LogP) is 1.64. The standard InChI is InChI=1S/C16H23N3O4/c1-11-17-13(19-7-3-12(4-8-19)10-22-2)9-14(18-11)23-16(5-6-16)15(20)21/h9,12H,3-8,10H2,1-2H3,(H,20,21). The maximum absolute atomic E-state index is 11.3. The summed E-state index contributed by atoms with van der Waals surface area (Å²) in [5.74, 6) is 1.43. The molecule has 7 heteroatoms. The summed E-state index contributed by atoms with van der Waals surface area (Å²) in [6, 6.07) is 1.76. The van der Waals surface area contributed by atoms with Crippen LogP contribution in [0.25, 0.3) is 0 Å². The highest BCUT2D eigenvalue weighted by atomic mass is 16.5. The van der Waals surface area contributed by atoms with Crippen molar-refractivity contribution in [1.82, 2.24) is 9.97 Å². The molecule has 3 rings (SSSR count). The fraction of sp³-hybridized carbons (Fsp3) is 0.688. The van der Waals surface area contributed by atoms with E-state index in [-0.39, 0.29) is 0 Å². The molecular weight excluding hydrogens is 298 g/mol. The fourth-order valence-corrected chi connectivity index (χ4v) is 2.98. The zero-order valence-electron chi connectivity index (χ0n) is 13.6. The van der Waals surface area contributed by atoms with E-state index in [2.05, 4.69) is 14.9 Å². The molecule has 1 aromatic heterocycles. The van der Waals surface area contributed by atoms with Crippen LogP contribution in [0.15, 0.2) is 6.07 Å². The Hall–Kier alpha value is -1.89. The summed E-state index contributed by atoms with van der Waals surface area (Å²) in [4.78, 5) is 22.2. The number of carboxylic acid groups (broad SMARTS) is 1. The molecule has 23 heavy (non-hydrogen) atoms. The van der Waals surface area contributed by atoms with E-state index in [0.717, 1.165) is 38.4 Å². The van der Waals surface area contributed by atoms with Gasteiger partial charge in [-0.3, -0.25) is 0 Å². The maximum atomic E-state index is 11.3. The van der Waals surface area contributed by atoms with E-state index in [1.54, 1.807) is 20.1 Å². The van der Waals surface area contributed by atoms with Gasteiger partial charge in [-0.1, -0.05) is 0 Å². The number of piperidine rings is 1. The quantitative estimate of drug-likeness (QED) is 0.852. The molecule has 1 saturated heterocycles. The van der Waals surface area contributed by atoms with E-state index in [9.17, 15) is 9.90 Å². The van der Waals surface area contributed by atoms with Crippen molar-refractivity contribution in [2.75, 3.05) is 31.7 Å². The summed E-state index contributed by atoms with van der Waals surface area (Å²) >= 11 is 0. The van der Waals surface area contributed by atoms with Crippen molar-refractivity contribution in [3.63, 3.8) is 0 Å². The number of rotatable bonds is 6. The molecule has 1 saturated carbocycles. The van der Waals surface area contributed by atoms with Gasteiger partial charge >= 0.3 is 5.97 Å². The highest BCUT2D eigenvalue weighted by Crippen LogP contribution is 2.40. The third-order valence-corrected chi connectivity index (χ3v) is 4.54. The average molecular weight is 321 g/mol. The van der Waals surface area contributed by atoms with Crippen molar-refractivity contribution in [1.29, 1.82) is 0 Å². The van der Waals surface area contributed by atoms with Crippen molar-refractivity contribution in [2.24, 2.45) is 5.92 Å². The molecular formula is C16H23N3O4. The molecule has 7 nitrogen and oxygen atoms in total. The van der Waals surface area contributed by atoms with Gasteiger partial charge in [-0.25, -0.2) is 9.78 Å². The Morgan fingerprint density at radius 2 is 2.09 bits per heavy atom. The number of ether oxygens (including phenoxy) is 2. The minimum Gasteiger partial charge on any atom is -0.478 e. The van der Waals surface area contributed by atoms with Crippen LogP contribution in [-0.2, 0) is 9.53 Å². The molecule has 0 bridgehead atoms. The summed E-state index contributed by atoms with van der Waals surface area (Å²) in [5.41, 5.74) is -1.08. The van der Waals surface area contributed by atoms with Crippen LogP contribution in [0.3, 0.4) is 0 Å². The van der Waals surface area contributed by atoms with Gasteiger partial charge in [0.15, 0.2) is 0 Å². The van der Waals surface area contributed by atoms with E-state index in [4.69, 9.17) is 9.47 Å². The Kier molecular flexibility index (Phi) is 4.39. The number of aromatic nitrogens is 2. The number of hydrogen-bond acceptors (Lipinski definition) is 6. The van der Waals surface area contributed by atoms with Gasteiger partial charge in [0.05, 0.1) is 0 Å². The molecule has 1 aromatic rings. The summed E-state index contributed by atoms with van der Waals surface area (Å²) in [7, 11) is 1.74. The van der Waals surface area contributed by atoms with Crippen molar-refractivity contribution < 1.29 is 19.4 Å². The van der Waals surface area contributed by atoms with Crippen LogP contribution in [0.1, 0.15) is 31.5 Å².